The van der Waals surface area contributed by atoms with E-state index in [9.17, 15) is 4.79 Å². The molecule has 2 N–H and O–H groups in total. The predicted octanol–water partition coefficient (Wildman–Crippen LogP) is 2.43. The highest BCUT2D eigenvalue weighted by Gasteiger charge is 2.13. The van der Waals surface area contributed by atoms with Crippen LogP contribution in [-0.2, 0) is 0 Å². The molecule has 14 heavy (non-hydrogen) atoms. The molecule has 0 amide bonds. The van der Waals surface area contributed by atoms with E-state index in [1.54, 1.807) is 30.3 Å². The molecule has 0 bridgehead atoms. The van der Waals surface area contributed by atoms with Crippen molar-refractivity contribution in [3.05, 3.63) is 47.5 Å². The van der Waals surface area contributed by atoms with E-state index in [0.29, 0.717) is 17.0 Å². The Labute approximate surface area is 88.4 Å². The Morgan fingerprint density at radius 1 is 1.64 bits per heavy atom. The molecule has 0 saturated heterocycles. The first-order valence-corrected chi connectivity index (χ1v) is 4.69. The summed E-state index contributed by atoms with van der Waals surface area (Å²) in [6, 6.07) is 6.25. The fraction of sp³-hybridized carbons (Fsp3) is 0.182. The summed E-state index contributed by atoms with van der Waals surface area (Å²) in [7, 11) is 0. The molecule has 0 aromatic heterocycles. The van der Waals surface area contributed by atoms with Gasteiger partial charge >= 0.3 is 0 Å². The molecule has 0 saturated carbocycles. The molecule has 3 heteroatoms. The number of carbonyl (C=O) groups is 1. The SMILES string of the molecule is C=CCC(N)C(=O)c1cccc(Cl)c1. The van der Waals surface area contributed by atoms with Gasteiger partial charge in [-0.25, -0.2) is 0 Å². The van der Waals surface area contributed by atoms with E-state index in [0.717, 1.165) is 0 Å². The minimum Gasteiger partial charge on any atom is -0.321 e. The van der Waals surface area contributed by atoms with Crippen LogP contribution >= 0.6 is 11.6 Å². The van der Waals surface area contributed by atoms with Crippen molar-refractivity contribution >= 4 is 17.4 Å². The lowest BCUT2D eigenvalue weighted by Crippen LogP contribution is -2.29. The molecule has 0 radical (unpaired) electrons. The fourth-order valence-electron chi connectivity index (χ4n) is 1.14. The Morgan fingerprint density at radius 2 is 2.36 bits per heavy atom. The first-order chi connectivity index (χ1) is 6.65. The van der Waals surface area contributed by atoms with Gasteiger partial charge in [-0.3, -0.25) is 4.79 Å². The number of rotatable bonds is 4. The average molecular weight is 210 g/mol. The Morgan fingerprint density at radius 3 is 2.93 bits per heavy atom. The van der Waals surface area contributed by atoms with E-state index in [4.69, 9.17) is 17.3 Å². The van der Waals surface area contributed by atoms with Gasteiger partial charge in [-0.05, 0) is 18.6 Å². The zero-order valence-electron chi connectivity index (χ0n) is 7.74. The Kier molecular flexibility index (Phi) is 3.86. The van der Waals surface area contributed by atoms with E-state index in [2.05, 4.69) is 6.58 Å². The van der Waals surface area contributed by atoms with Crippen molar-refractivity contribution in [2.75, 3.05) is 0 Å². The molecule has 1 rings (SSSR count). The summed E-state index contributed by atoms with van der Waals surface area (Å²) in [5.74, 6) is -0.104. The van der Waals surface area contributed by atoms with Gasteiger partial charge in [0.25, 0.3) is 0 Å². The van der Waals surface area contributed by atoms with Gasteiger partial charge in [-0.1, -0.05) is 29.8 Å². The Bertz CT molecular complexity index is 349. The normalized spacial score (nSPS) is 12.1. The van der Waals surface area contributed by atoms with Crippen LogP contribution in [0.15, 0.2) is 36.9 Å². The van der Waals surface area contributed by atoms with Crippen LogP contribution in [-0.4, -0.2) is 11.8 Å². The van der Waals surface area contributed by atoms with Crippen molar-refractivity contribution in [1.29, 1.82) is 0 Å². The number of hydrogen-bond donors (Lipinski definition) is 1. The summed E-state index contributed by atoms with van der Waals surface area (Å²) in [5.41, 5.74) is 6.19. The van der Waals surface area contributed by atoms with Gasteiger partial charge in [-0.15, -0.1) is 6.58 Å². The molecule has 1 unspecified atom stereocenters. The summed E-state index contributed by atoms with van der Waals surface area (Å²) < 4.78 is 0. The maximum absolute atomic E-state index is 11.7. The van der Waals surface area contributed by atoms with E-state index >= 15 is 0 Å². The lowest BCUT2D eigenvalue weighted by atomic mass is 10.0. The maximum atomic E-state index is 11.7. The minimum absolute atomic E-state index is 0.104. The Hall–Kier alpha value is -1.12. The average Bonchev–Trinajstić information content (AvgIpc) is 2.17. The van der Waals surface area contributed by atoms with Gasteiger partial charge < -0.3 is 5.73 Å². The van der Waals surface area contributed by atoms with Crippen LogP contribution in [0.5, 0.6) is 0 Å². The Balaban J connectivity index is 2.83. The number of Topliss-reactive ketones (excluding diaryl/α,β-unsaturated/α-hetero) is 1. The molecular formula is C11H12ClNO. The topological polar surface area (TPSA) is 43.1 Å². The molecule has 0 spiro atoms. The van der Waals surface area contributed by atoms with Crippen LogP contribution in [0, 0.1) is 0 Å². The van der Waals surface area contributed by atoms with Crippen molar-refractivity contribution in [2.24, 2.45) is 5.73 Å². The van der Waals surface area contributed by atoms with Crippen LogP contribution in [0.3, 0.4) is 0 Å². The lowest BCUT2D eigenvalue weighted by molar-refractivity contribution is 0.0962. The highest BCUT2D eigenvalue weighted by Crippen LogP contribution is 2.12. The second-order valence-corrected chi connectivity index (χ2v) is 3.44. The molecule has 1 aromatic carbocycles. The first-order valence-electron chi connectivity index (χ1n) is 4.31. The van der Waals surface area contributed by atoms with Crippen LogP contribution in [0.1, 0.15) is 16.8 Å². The number of carbonyl (C=O) groups excluding carboxylic acids is 1. The predicted molar refractivity (Wildman–Crippen MR) is 58.6 cm³/mol. The molecule has 1 atom stereocenters. The van der Waals surface area contributed by atoms with Crippen LogP contribution in [0.25, 0.3) is 0 Å². The standard InChI is InChI=1S/C11H12ClNO/c1-2-4-10(13)11(14)8-5-3-6-9(12)7-8/h2-3,5-7,10H,1,4,13H2. The molecule has 0 aliphatic carbocycles. The van der Waals surface area contributed by atoms with Crippen molar-refractivity contribution in [2.45, 2.75) is 12.5 Å². The van der Waals surface area contributed by atoms with Crippen molar-refractivity contribution in [1.82, 2.24) is 0 Å². The van der Waals surface area contributed by atoms with Gasteiger partial charge in [0.1, 0.15) is 0 Å². The van der Waals surface area contributed by atoms with Gasteiger partial charge in [0.05, 0.1) is 6.04 Å². The molecule has 1 aromatic rings. The largest absolute Gasteiger partial charge is 0.321 e. The second-order valence-electron chi connectivity index (χ2n) is 3.01. The molecule has 0 aliphatic rings. The first kappa shape index (κ1) is 11.0. The highest BCUT2D eigenvalue weighted by molar-refractivity contribution is 6.31. The van der Waals surface area contributed by atoms with Crippen LogP contribution in [0.4, 0.5) is 0 Å². The lowest BCUT2D eigenvalue weighted by Gasteiger charge is -2.07. The van der Waals surface area contributed by atoms with Gasteiger partial charge in [0.2, 0.25) is 0 Å². The number of ketones is 1. The van der Waals surface area contributed by atoms with E-state index in [-0.39, 0.29) is 5.78 Å². The molecular weight excluding hydrogens is 198 g/mol. The number of benzene rings is 1. The molecule has 0 aliphatic heterocycles. The van der Waals surface area contributed by atoms with Gasteiger partial charge in [0.15, 0.2) is 5.78 Å². The summed E-state index contributed by atoms with van der Waals surface area (Å²) in [6.45, 7) is 3.54. The highest BCUT2D eigenvalue weighted by atomic mass is 35.5. The van der Waals surface area contributed by atoms with E-state index in [1.165, 1.54) is 0 Å². The molecule has 2 nitrogen and oxygen atoms in total. The smallest absolute Gasteiger partial charge is 0.179 e. The molecule has 0 fully saturated rings. The van der Waals surface area contributed by atoms with E-state index < -0.39 is 6.04 Å². The quantitative estimate of drug-likeness (QED) is 0.612. The van der Waals surface area contributed by atoms with Crippen molar-refractivity contribution < 1.29 is 4.79 Å². The van der Waals surface area contributed by atoms with Crippen molar-refractivity contribution in [3.8, 4) is 0 Å². The summed E-state index contributed by atoms with van der Waals surface area (Å²) in [5, 5.41) is 0.543. The molecule has 74 valence electrons. The second kappa shape index (κ2) is 4.94. The van der Waals surface area contributed by atoms with E-state index in [1.807, 2.05) is 0 Å². The van der Waals surface area contributed by atoms with Gasteiger partial charge in [0, 0.05) is 10.6 Å². The fourth-order valence-corrected chi connectivity index (χ4v) is 1.33. The third kappa shape index (κ3) is 2.69. The maximum Gasteiger partial charge on any atom is 0.179 e. The third-order valence-electron chi connectivity index (χ3n) is 1.87. The molecule has 0 heterocycles. The summed E-state index contributed by atoms with van der Waals surface area (Å²) in [4.78, 5) is 11.7. The van der Waals surface area contributed by atoms with Crippen LogP contribution in [0.2, 0.25) is 5.02 Å². The number of hydrogen-bond acceptors (Lipinski definition) is 2. The minimum atomic E-state index is -0.522. The monoisotopic (exact) mass is 209 g/mol. The van der Waals surface area contributed by atoms with Crippen molar-refractivity contribution in [3.63, 3.8) is 0 Å². The zero-order chi connectivity index (χ0) is 10.6. The summed E-state index contributed by atoms with van der Waals surface area (Å²) >= 11 is 5.76. The number of nitrogens with two attached hydrogens (primary N) is 1. The van der Waals surface area contributed by atoms with Gasteiger partial charge in [-0.2, -0.15) is 0 Å². The zero-order valence-corrected chi connectivity index (χ0v) is 8.50. The summed E-state index contributed by atoms with van der Waals surface area (Å²) in [6.07, 6.45) is 2.11. The number of halogens is 1. The van der Waals surface area contributed by atoms with Crippen LogP contribution < -0.4 is 5.73 Å². The third-order valence-corrected chi connectivity index (χ3v) is 2.10.